The lowest BCUT2D eigenvalue weighted by Crippen LogP contribution is -2.55. The first-order valence-electron chi connectivity index (χ1n) is 6.80. The molecule has 1 unspecified atom stereocenters. The molecule has 0 saturated heterocycles. The summed E-state index contributed by atoms with van der Waals surface area (Å²) in [6.07, 6.45) is 4.49. The summed E-state index contributed by atoms with van der Waals surface area (Å²) in [7, 11) is 0. The molecule has 0 radical (unpaired) electrons. The predicted octanol–water partition coefficient (Wildman–Crippen LogP) is 0.765. The van der Waals surface area contributed by atoms with Crippen molar-refractivity contribution in [3.63, 3.8) is 0 Å². The lowest BCUT2D eigenvalue weighted by Gasteiger charge is -2.33. The van der Waals surface area contributed by atoms with Gasteiger partial charge >= 0.3 is 0 Å². The quantitative estimate of drug-likeness (QED) is 0.846. The molecule has 2 heterocycles. The summed E-state index contributed by atoms with van der Waals surface area (Å²) in [5.74, 6) is 0.651. The molecule has 3 N–H and O–H groups in total. The van der Waals surface area contributed by atoms with Crippen LogP contribution in [-0.4, -0.2) is 37.7 Å². The summed E-state index contributed by atoms with van der Waals surface area (Å²) in [6, 6.07) is 3.43. The van der Waals surface area contributed by atoms with Gasteiger partial charge in [0.2, 0.25) is 0 Å². The zero-order chi connectivity index (χ0) is 15.5. The van der Waals surface area contributed by atoms with Crippen LogP contribution in [0.2, 0.25) is 0 Å². The predicted molar refractivity (Wildman–Crippen MR) is 78.9 cm³/mol. The van der Waals surface area contributed by atoms with Gasteiger partial charge in [0, 0.05) is 12.7 Å². The van der Waals surface area contributed by atoms with E-state index in [4.69, 9.17) is 5.73 Å². The van der Waals surface area contributed by atoms with Crippen LogP contribution in [0.1, 0.15) is 31.1 Å². The van der Waals surface area contributed by atoms with E-state index in [1.807, 2.05) is 20.8 Å². The molecule has 2 rings (SSSR count). The first-order chi connectivity index (χ1) is 9.96. The van der Waals surface area contributed by atoms with Crippen LogP contribution in [0.3, 0.4) is 0 Å². The number of nitrogens with one attached hydrogen (secondary N) is 1. The summed E-state index contributed by atoms with van der Waals surface area (Å²) < 4.78 is 1.53. The molecule has 0 spiro atoms. The van der Waals surface area contributed by atoms with Gasteiger partial charge in [-0.3, -0.25) is 4.79 Å². The van der Waals surface area contributed by atoms with E-state index in [1.54, 1.807) is 18.5 Å². The molecule has 0 aliphatic heterocycles. The van der Waals surface area contributed by atoms with Crippen LogP contribution >= 0.6 is 0 Å². The van der Waals surface area contributed by atoms with Crippen molar-refractivity contribution in [1.29, 1.82) is 0 Å². The average Bonchev–Trinajstić information content (AvgIpc) is 3.01. The van der Waals surface area contributed by atoms with Gasteiger partial charge in [-0.2, -0.15) is 5.10 Å². The highest BCUT2D eigenvalue weighted by Crippen LogP contribution is 2.16. The molecule has 2 aromatic heterocycles. The Balaban J connectivity index is 2.13. The number of carbonyl (C=O) groups excluding carboxylic acids is 1. The van der Waals surface area contributed by atoms with Gasteiger partial charge in [0.05, 0.1) is 11.1 Å². The Morgan fingerprint density at radius 2 is 2.24 bits per heavy atom. The van der Waals surface area contributed by atoms with E-state index >= 15 is 0 Å². The van der Waals surface area contributed by atoms with Crippen molar-refractivity contribution in [3.8, 4) is 5.82 Å². The molecule has 0 aliphatic rings. The monoisotopic (exact) mass is 288 g/mol. The number of aromatic nitrogens is 4. The van der Waals surface area contributed by atoms with E-state index in [-0.39, 0.29) is 11.8 Å². The van der Waals surface area contributed by atoms with E-state index in [2.05, 4.69) is 20.4 Å². The van der Waals surface area contributed by atoms with Gasteiger partial charge < -0.3 is 11.1 Å². The largest absolute Gasteiger partial charge is 0.345 e. The van der Waals surface area contributed by atoms with Crippen molar-refractivity contribution < 1.29 is 4.79 Å². The van der Waals surface area contributed by atoms with Crippen molar-refractivity contribution in [2.45, 2.75) is 26.3 Å². The Hall–Kier alpha value is -2.28. The highest BCUT2D eigenvalue weighted by Gasteiger charge is 2.28. The lowest BCUT2D eigenvalue weighted by atomic mass is 9.88. The molecule has 0 fully saturated rings. The molecule has 7 nitrogen and oxygen atoms in total. The minimum atomic E-state index is -0.443. The molecule has 112 valence electrons. The van der Waals surface area contributed by atoms with Gasteiger partial charge in [-0.15, -0.1) is 0 Å². The maximum absolute atomic E-state index is 12.3. The van der Waals surface area contributed by atoms with E-state index in [1.165, 1.54) is 17.2 Å². The third kappa shape index (κ3) is 3.25. The van der Waals surface area contributed by atoms with Crippen LogP contribution in [0, 0.1) is 5.92 Å². The van der Waals surface area contributed by atoms with E-state index in [0.717, 1.165) is 0 Å². The Bertz CT molecular complexity index is 592. The van der Waals surface area contributed by atoms with Gasteiger partial charge in [-0.05, 0) is 25.0 Å². The highest BCUT2D eigenvalue weighted by molar-refractivity contribution is 5.94. The number of rotatable bonds is 5. The zero-order valence-corrected chi connectivity index (χ0v) is 12.4. The van der Waals surface area contributed by atoms with Crippen LogP contribution in [0.4, 0.5) is 0 Å². The Morgan fingerprint density at radius 3 is 2.71 bits per heavy atom. The van der Waals surface area contributed by atoms with Gasteiger partial charge in [-0.25, -0.2) is 14.6 Å². The Labute approximate surface area is 123 Å². The standard InChI is InChI=1S/C14H20N6O/c1-10(2)14(3,7-15)19-13(21)11-4-5-12(17-6-11)20-9-16-8-18-20/h4-6,8-10H,7,15H2,1-3H3,(H,19,21). The fourth-order valence-electron chi connectivity index (χ4n) is 1.75. The van der Waals surface area contributed by atoms with E-state index < -0.39 is 5.54 Å². The summed E-state index contributed by atoms with van der Waals surface area (Å²) in [6.45, 7) is 6.37. The van der Waals surface area contributed by atoms with Crippen molar-refractivity contribution in [3.05, 3.63) is 36.5 Å². The van der Waals surface area contributed by atoms with Crippen LogP contribution in [0.15, 0.2) is 31.0 Å². The van der Waals surface area contributed by atoms with Gasteiger partial charge in [-0.1, -0.05) is 13.8 Å². The van der Waals surface area contributed by atoms with E-state index in [9.17, 15) is 4.79 Å². The van der Waals surface area contributed by atoms with Crippen molar-refractivity contribution >= 4 is 5.91 Å². The summed E-state index contributed by atoms with van der Waals surface area (Å²) in [5, 5.41) is 6.96. The van der Waals surface area contributed by atoms with Crippen molar-refractivity contribution in [2.24, 2.45) is 11.7 Å². The molecule has 0 aliphatic carbocycles. The topological polar surface area (TPSA) is 98.7 Å². The first kappa shape index (κ1) is 15.1. The van der Waals surface area contributed by atoms with Gasteiger partial charge in [0.15, 0.2) is 5.82 Å². The third-order valence-corrected chi connectivity index (χ3v) is 3.76. The number of hydrogen-bond acceptors (Lipinski definition) is 5. The van der Waals surface area contributed by atoms with Crippen LogP contribution < -0.4 is 11.1 Å². The summed E-state index contributed by atoms with van der Waals surface area (Å²) in [4.78, 5) is 20.3. The second-order valence-corrected chi connectivity index (χ2v) is 5.48. The minimum Gasteiger partial charge on any atom is -0.345 e. The van der Waals surface area contributed by atoms with E-state index in [0.29, 0.717) is 17.9 Å². The lowest BCUT2D eigenvalue weighted by molar-refractivity contribution is 0.0883. The fraction of sp³-hybridized carbons (Fsp3) is 0.429. The zero-order valence-electron chi connectivity index (χ0n) is 12.4. The van der Waals surface area contributed by atoms with Crippen LogP contribution in [-0.2, 0) is 0 Å². The molecule has 0 aromatic carbocycles. The number of carbonyl (C=O) groups is 1. The second-order valence-electron chi connectivity index (χ2n) is 5.48. The molecule has 1 atom stereocenters. The second kappa shape index (κ2) is 6.01. The number of pyridine rings is 1. The SMILES string of the molecule is CC(C)C(C)(CN)NC(=O)c1ccc(-n2cncn2)nc1. The number of hydrogen-bond donors (Lipinski definition) is 2. The fourth-order valence-corrected chi connectivity index (χ4v) is 1.75. The van der Waals surface area contributed by atoms with Crippen molar-refractivity contribution in [2.75, 3.05) is 6.54 Å². The molecule has 2 aromatic rings. The molecule has 0 saturated carbocycles. The smallest absolute Gasteiger partial charge is 0.253 e. The number of nitrogens with two attached hydrogens (primary N) is 1. The molecular weight excluding hydrogens is 268 g/mol. The maximum Gasteiger partial charge on any atom is 0.253 e. The molecular formula is C14H20N6O. The van der Waals surface area contributed by atoms with Crippen LogP contribution in [0.5, 0.6) is 0 Å². The molecule has 0 bridgehead atoms. The van der Waals surface area contributed by atoms with Gasteiger partial charge in [0.1, 0.15) is 12.7 Å². The number of nitrogens with zero attached hydrogens (tertiary/aromatic N) is 4. The minimum absolute atomic E-state index is 0.186. The average molecular weight is 288 g/mol. The maximum atomic E-state index is 12.3. The normalized spacial score (nSPS) is 14.0. The third-order valence-electron chi connectivity index (χ3n) is 3.76. The summed E-state index contributed by atoms with van der Waals surface area (Å²) >= 11 is 0. The molecule has 7 heteroatoms. The first-order valence-corrected chi connectivity index (χ1v) is 6.80. The van der Waals surface area contributed by atoms with Crippen molar-refractivity contribution in [1.82, 2.24) is 25.1 Å². The Kier molecular flexibility index (Phi) is 4.32. The highest BCUT2D eigenvalue weighted by atomic mass is 16.1. The molecule has 1 amide bonds. The van der Waals surface area contributed by atoms with Crippen LogP contribution in [0.25, 0.3) is 5.82 Å². The Morgan fingerprint density at radius 1 is 1.48 bits per heavy atom. The van der Waals surface area contributed by atoms with Gasteiger partial charge in [0.25, 0.3) is 5.91 Å². The summed E-state index contributed by atoms with van der Waals surface area (Å²) in [5.41, 5.74) is 5.82. The molecule has 21 heavy (non-hydrogen) atoms. The number of amides is 1.